The van der Waals surface area contributed by atoms with Crippen LogP contribution in [0.1, 0.15) is 32.6 Å². The van der Waals surface area contributed by atoms with Gasteiger partial charge in [-0.05, 0) is 44.0 Å². The van der Waals surface area contributed by atoms with Crippen molar-refractivity contribution >= 4 is 17.6 Å². The van der Waals surface area contributed by atoms with Crippen molar-refractivity contribution in [2.75, 3.05) is 38.1 Å². The minimum Gasteiger partial charge on any atom is -0.490 e. The number of piperidine rings is 2. The van der Waals surface area contributed by atoms with Crippen molar-refractivity contribution in [1.29, 1.82) is 0 Å². The predicted octanol–water partition coefficient (Wildman–Crippen LogP) is 4.40. The number of ether oxygens (including phenoxy) is 2. The molecule has 1 atom stereocenters. The molecule has 2 saturated heterocycles. The Morgan fingerprint density at radius 1 is 0.909 bits per heavy atom. The van der Waals surface area contributed by atoms with E-state index in [9.17, 15) is 9.59 Å². The fraction of sp³-hybridized carbons (Fsp3) is 0.462. The molecule has 0 aliphatic carbocycles. The molecule has 2 aliphatic heterocycles. The molecule has 33 heavy (non-hydrogen) atoms. The van der Waals surface area contributed by atoms with E-state index in [1.54, 1.807) is 4.90 Å². The van der Waals surface area contributed by atoms with Crippen LogP contribution in [0.2, 0.25) is 0 Å². The van der Waals surface area contributed by atoms with E-state index in [-0.39, 0.29) is 24.0 Å². The molecule has 1 unspecified atom stereocenters. The van der Waals surface area contributed by atoms with Gasteiger partial charge in [0.1, 0.15) is 6.10 Å². The molecule has 1 N–H and O–H groups in total. The van der Waals surface area contributed by atoms with Crippen LogP contribution in [-0.2, 0) is 4.79 Å². The first kappa shape index (κ1) is 23.0. The van der Waals surface area contributed by atoms with Crippen molar-refractivity contribution < 1.29 is 19.1 Å². The quantitative estimate of drug-likeness (QED) is 0.707. The first-order chi connectivity index (χ1) is 16.1. The van der Waals surface area contributed by atoms with Gasteiger partial charge in [0, 0.05) is 44.7 Å². The number of rotatable bonds is 6. The number of carbonyl (C=O) groups excluding carboxylic acids is 2. The molecule has 0 aromatic heterocycles. The van der Waals surface area contributed by atoms with Crippen molar-refractivity contribution in [2.24, 2.45) is 5.92 Å². The smallest absolute Gasteiger partial charge is 0.321 e. The molecule has 0 spiro atoms. The number of nitrogens with zero attached hydrogens (tertiary/aromatic N) is 2. The number of nitrogens with one attached hydrogen (secondary N) is 1. The number of anilines is 1. The van der Waals surface area contributed by atoms with Gasteiger partial charge in [-0.25, -0.2) is 4.79 Å². The van der Waals surface area contributed by atoms with Crippen LogP contribution in [0.5, 0.6) is 11.5 Å². The second kappa shape index (κ2) is 11.1. The summed E-state index contributed by atoms with van der Waals surface area (Å²) in [4.78, 5) is 29.6. The molecule has 0 saturated carbocycles. The lowest BCUT2D eigenvalue weighted by molar-refractivity contribution is -0.138. The summed E-state index contributed by atoms with van der Waals surface area (Å²) < 4.78 is 11.9. The lowest BCUT2D eigenvalue weighted by Crippen LogP contribution is -2.50. The highest BCUT2D eigenvalue weighted by molar-refractivity contribution is 5.90. The van der Waals surface area contributed by atoms with E-state index in [2.05, 4.69) is 5.32 Å². The molecule has 2 fully saturated rings. The number of amides is 3. The molecule has 7 nitrogen and oxygen atoms in total. The molecule has 2 aromatic carbocycles. The van der Waals surface area contributed by atoms with Crippen LogP contribution in [0, 0.1) is 5.92 Å². The van der Waals surface area contributed by atoms with Gasteiger partial charge < -0.3 is 24.6 Å². The molecule has 4 rings (SSSR count). The van der Waals surface area contributed by atoms with Crippen LogP contribution in [0.3, 0.4) is 0 Å². The summed E-state index contributed by atoms with van der Waals surface area (Å²) >= 11 is 0. The zero-order valence-electron chi connectivity index (χ0n) is 19.2. The predicted molar refractivity (Wildman–Crippen MR) is 128 cm³/mol. The van der Waals surface area contributed by atoms with Gasteiger partial charge in [0.15, 0.2) is 11.5 Å². The molecular formula is C26H33N3O4. The Kier molecular flexibility index (Phi) is 7.70. The van der Waals surface area contributed by atoms with Crippen molar-refractivity contribution in [3.8, 4) is 11.5 Å². The van der Waals surface area contributed by atoms with Gasteiger partial charge in [-0.2, -0.15) is 0 Å². The number of hydrogen-bond donors (Lipinski definition) is 1. The van der Waals surface area contributed by atoms with E-state index in [0.717, 1.165) is 42.9 Å². The van der Waals surface area contributed by atoms with Gasteiger partial charge in [0.05, 0.1) is 12.5 Å². The molecule has 176 valence electrons. The maximum absolute atomic E-state index is 13.2. The minimum absolute atomic E-state index is 0.0650. The van der Waals surface area contributed by atoms with Gasteiger partial charge in [-0.1, -0.05) is 30.3 Å². The van der Waals surface area contributed by atoms with Crippen molar-refractivity contribution in [3.05, 3.63) is 54.6 Å². The molecule has 2 aliphatic rings. The van der Waals surface area contributed by atoms with Gasteiger partial charge in [0.2, 0.25) is 5.91 Å². The Balaban J connectivity index is 1.27. The Hall–Kier alpha value is -3.22. The maximum atomic E-state index is 13.2. The summed E-state index contributed by atoms with van der Waals surface area (Å²) in [5.41, 5.74) is 0.768. The van der Waals surface area contributed by atoms with E-state index in [1.807, 2.05) is 66.4 Å². The number of para-hydroxylation sites is 3. The van der Waals surface area contributed by atoms with Crippen LogP contribution in [0.4, 0.5) is 10.5 Å². The monoisotopic (exact) mass is 451 g/mol. The highest BCUT2D eigenvalue weighted by atomic mass is 16.5. The van der Waals surface area contributed by atoms with E-state index >= 15 is 0 Å². The maximum Gasteiger partial charge on any atom is 0.321 e. The second-order valence-corrected chi connectivity index (χ2v) is 8.60. The normalized spacial score (nSPS) is 19.1. The molecule has 0 bridgehead atoms. The Bertz CT molecular complexity index is 928. The Labute approximate surface area is 195 Å². The Morgan fingerprint density at radius 3 is 2.33 bits per heavy atom. The van der Waals surface area contributed by atoms with Crippen LogP contribution >= 0.6 is 0 Å². The molecule has 2 heterocycles. The van der Waals surface area contributed by atoms with E-state index in [1.165, 1.54) is 0 Å². The van der Waals surface area contributed by atoms with Gasteiger partial charge in [-0.15, -0.1) is 0 Å². The van der Waals surface area contributed by atoms with Crippen LogP contribution in [-0.4, -0.2) is 60.6 Å². The SMILES string of the molecule is CCOc1ccccc1OC1CCN(C(=O)C2CCCN(C(=O)Nc3ccccc3)C2)CC1. The van der Waals surface area contributed by atoms with Gasteiger partial charge in [-0.3, -0.25) is 4.79 Å². The highest BCUT2D eigenvalue weighted by Gasteiger charge is 2.33. The largest absolute Gasteiger partial charge is 0.490 e. The summed E-state index contributed by atoms with van der Waals surface area (Å²) in [6, 6.07) is 17.0. The second-order valence-electron chi connectivity index (χ2n) is 8.60. The summed E-state index contributed by atoms with van der Waals surface area (Å²) in [6.07, 6.45) is 3.31. The molecular weight excluding hydrogens is 418 g/mol. The summed E-state index contributed by atoms with van der Waals surface area (Å²) in [5, 5.41) is 2.93. The van der Waals surface area contributed by atoms with Crippen LogP contribution < -0.4 is 14.8 Å². The fourth-order valence-corrected chi connectivity index (χ4v) is 4.54. The van der Waals surface area contributed by atoms with E-state index < -0.39 is 0 Å². The zero-order chi connectivity index (χ0) is 23.0. The highest BCUT2D eigenvalue weighted by Crippen LogP contribution is 2.30. The Morgan fingerprint density at radius 2 is 1.61 bits per heavy atom. The number of benzene rings is 2. The molecule has 2 aromatic rings. The third-order valence-corrected chi connectivity index (χ3v) is 6.28. The zero-order valence-corrected chi connectivity index (χ0v) is 19.2. The van der Waals surface area contributed by atoms with E-state index in [4.69, 9.17) is 9.47 Å². The average Bonchev–Trinajstić information content (AvgIpc) is 2.86. The first-order valence-electron chi connectivity index (χ1n) is 11.9. The topological polar surface area (TPSA) is 71.1 Å². The lowest BCUT2D eigenvalue weighted by atomic mass is 9.95. The summed E-state index contributed by atoms with van der Waals surface area (Å²) in [6.45, 7) is 5.04. The summed E-state index contributed by atoms with van der Waals surface area (Å²) in [7, 11) is 0. The number of hydrogen-bond acceptors (Lipinski definition) is 4. The minimum atomic E-state index is -0.142. The number of carbonyl (C=O) groups is 2. The van der Waals surface area contributed by atoms with Crippen LogP contribution in [0.25, 0.3) is 0 Å². The van der Waals surface area contributed by atoms with Crippen molar-refractivity contribution in [2.45, 2.75) is 38.7 Å². The van der Waals surface area contributed by atoms with Crippen LogP contribution in [0.15, 0.2) is 54.6 Å². The number of urea groups is 1. The lowest BCUT2D eigenvalue weighted by Gasteiger charge is -2.37. The standard InChI is InChI=1S/C26H33N3O4/c1-2-32-23-12-6-7-13-24(23)33-22-14-17-28(18-15-22)25(30)20-9-8-16-29(19-20)26(31)27-21-10-4-3-5-11-21/h3-7,10-13,20,22H,2,8-9,14-19H2,1H3,(H,27,31). The average molecular weight is 452 g/mol. The molecule has 7 heteroatoms. The summed E-state index contributed by atoms with van der Waals surface area (Å²) in [5.74, 6) is 1.53. The van der Waals surface area contributed by atoms with E-state index in [0.29, 0.717) is 32.8 Å². The van der Waals surface area contributed by atoms with Gasteiger partial charge >= 0.3 is 6.03 Å². The third kappa shape index (κ3) is 5.97. The van der Waals surface area contributed by atoms with Crippen molar-refractivity contribution in [1.82, 2.24) is 9.80 Å². The third-order valence-electron chi connectivity index (χ3n) is 6.28. The van der Waals surface area contributed by atoms with Crippen molar-refractivity contribution in [3.63, 3.8) is 0 Å². The number of likely N-dealkylation sites (tertiary alicyclic amines) is 2. The fourth-order valence-electron chi connectivity index (χ4n) is 4.54. The van der Waals surface area contributed by atoms with Gasteiger partial charge in [0.25, 0.3) is 0 Å². The molecule has 0 radical (unpaired) electrons. The first-order valence-corrected chi connectivity index (χ1v) is 11.9. The molecule has 3 amide bonds.